The molecule has 22 heavy (non-hydrogen) atoms. The molecular weight excluding hydrogens is 288 g/mol. The summed E-state index contributed by atoms with van der Waals surface area (Å²) in [4.78, 5) is 0.900. The van der Waals surface area contributed by atoms with Gasteiger partial charge in [-0.05, 0) is 46.2 Å². The second-order valence-electron chi connectivity index (χ2n) is 5.63. The first-order chi connectivity index (χ1) is 10.8. The van der Waals surface area contributed by atoms with E-state index in [9.17, 15) is 5.11 Å². The molecule has 0 spiro atoms. The van der Waals surface area contributed by atoms with Gasteiger partial charge in [0.15, 0.2) is 0 Å². The minimum Gasteiger partial charge on any atom is -0.507 e. The van der Waals surface area contributed by atoms with Gasteiger partial charge in [-0.2, -0.15) is 0 Å². The number of aromatic hydroxyl groups is 1. The molecule has 0 atom stereocenters. The van der Waals surface area contributed by atoms with Crippen LogP contribution in [0.15, 0.2) is 53.4 Å². The van der Waals surface area contributed by atoms with Crippen LogP contribution < -0.4 is 10.4 Å². The summed E-state index contributed by atoms with van der Waals surface area (Å²) in [6.45, 7) is 0. The highest BCUT2D eigenvalue weighted by Gasteiger charge is 2.14. The van der Waals surface area contributed by atoms with Crippen molar-refractivity contribution in [1.82, 2.24) is 0 Å². The zero-order valence-electron chi connectivity index (χ0n) is 12.1. The van der Waals surface area contributed by atoms with E-state index in [0.717, 1.165) is 39.6 Å². The van der Waals surface area contributed by atoms with Crippen LogP contribution in [0.5, 0.6) is 5.75 Å². The Bertz CT molecular complexity index is 1000. The van der Waals surface area contributed by atoms with Crippen molar-refractivity contribution in [2.45, 2.75) is 17.7 Å². The molecule has 3 aromatic rings. The molecule has 0 amide bonds. The van der Waals surface area contributed by atoms with E-state index in [1.54, 1.807) is 6.07 Å². The van der Waals surface area contributed by atoms with Gasteiger partial charge in [0, 0.05) is 16.0 Å². The summed E-state index contributed by atoms with van der Waals surface area (Å²) in [6, 6.07) is 16.0. The van der Waals surface area contributed by atoms with Gasteiger partial charge in [0.25, 0.3) is 0 Å². The van der Waals surface area contributed by atoms with Crippen LogP contribution in [0.1, 0.15) is 12.8 Å². The number of rotatable bonds is 1. The molecule has 1 aliphatic carbocycles. The molecule has 0 saturated heterocycles. The van der Waals surface area contributed by atoms with E-state index in [0.29, 0.717) is 5.75 Å². The average molecular weight is 304 g/mol. The van der Waals surface area contributed by atoms with Gasteiger partial charge >= 0.3 is 0 Å². The first-order valence-corrected chi connectivity index (χ1v) is 7.94. The second kappa shape index (κ2) is 5.22. The van der Waals surface area contributed by atoms with Crippen LogP contribution in [-0.2, 0) is 0 Å². The Morgan fingerprint density at radius 1 is 0.818 bits per heavy atom. The fourth-order valence-corrected chi connectivity index (χ4v) is 3.58. The van der Waals surface area contributed by atoms with E-state index in [2.05, 4.69) is 43.0 Å². The van der Waals surface area contributed by atoms with Crippen molar-refractivity contribution < 1.29 is 5.11 Å². The SMILES string of the molecule is Oc1ccc2ccccc2c1-c1c(S)ccc2c1=CCCC=2. The van der Waals surface area contributed by atoms with Gasteiger partial charge in [0.05, 0.1) is 0 Å². The van der Waals surface area contributed by atoms with Crippen molar-refractivity contribution in [2.75, 3.05) is 0 Å². The molecule has 108 valence electrons. The summed E-state index contributed by atoms with van der Waals surface area (Å²) in [5.74, 6) is 0.307. The summed E-state index contributed by atoms with van der Waals surface area (Å²) < 4.78 is 0. The third kappa shape index (κ3) is 2.03. The monoisotopic (exact) mass is 304 g/mol. The van der Waals surface area contributed by atoms with Gasteiger partial charge in [-0.1, -0.05) is 48.6 Å². The maximum atomic E-state index is 10.5. The molecule has 0 saturated carbocycles. The lowest BCUT2D eigenvalue weighted by molar-refractivity contribution is 0.478. The van der Waals surface area contributed by atoms with Crippen LogP contribution in [0.25, 0.3) is 34.1 Å². The third-order valence-corrected chi connectivity index (χ3v) is 4.67. The zero-order valence-corrected chi connectivity index (χ0v) is 13.0. The quantitative estimate of drug-likeness (QED) is 0.654. The Kier molecular flexibility index (Phi) is 3.20. The van der Waals surface area contributed by atoms with Crippen LogP contribution in [0.2, 0.25) is 0 Å². The third-order valence-electron chi connectivity index (χ3n) is 4.29. The summed E-state index contributed by atoms with van der Waals surface area (Å²) in [5.41, 5.74) is 1.91. The largest absolute Gasteiger partial charge is 0.507 e. The number of hydrogen-bond donors (Lipinski definition) is 2. The number of phenols is 1. The smallest absolute Gasteiger partial charge is 0.124 e. The lowest BCUT2D eigenvalue weighted by Gasteiger charge is -2.14. The van der Waals surface area contributed by atoms with Gasteiger partial charge in [-0.25, -0.2) is 0 Å². The lowest BCUT2D eigenvalue weighted by Crippen LogP contribution is -2.29. The fraction of sp³-hybridized carbons (Fsp3) is 0.100. The van der Waals surface area contributed by atoms with E-state index >= 15 is 0 Å². The first-order valence-electron chi connectivity index (χ1n) is 7.49. The maximum Gasteiger partial charge on any atom is 0.124 e. The molecule has 1 nitrogen and oxygen atoms in total. The van der Waals surface area contributed by atoms with E-state index in [1.807, 2.05) is 24.3 Å². The van der Waals surface area contributed by atoms with E-state index in [4.69, 9.17) is 0 Å². The molecular formula is C20H16OS. The Labute approximate surface area is 134 Å². The molecule has 2 heteroatoms. The van der Waals surface area contributed by atoms with Crippen molar-refractivity contribution in [3.63, 3.8) is 0 Å². The molecule has 1 N–H and O–H groups in total. The first kappa shape index (κ1) is 13.5. The molecule has 0 heterocycles. The van der Waals surface area contributed by atoms with Crippen molar-refractivity contribution in [3.05, 3.63) is 59.0 Å². The van der Waals surface area contributed by atoms with Crippen molar-refractivity contribution >= 4 is 35.6 Å². The Morgan fingerprint density at radius 3 is 2.55 bits per heavy atom. The number of phenolic OH excluding ortho intramolecular Hbond substituents is 1. The van der Waals surface area contributed by atoms with Crippen LogP contribution in [-0.4, -0.2) is 5.11 Å². The van der Waals surface area contributed by atoms with Crippen molar-refractivity contribution in [1.29, 1.82) is 0 Å². The van der Waals surface area contributed by atoms with Crippen LogP contribution in [0, 0.1) is 0 Å². The summed E-state index contributed by atoms with van der Waals surface area (Å²) in [7, 11) is 0. The molecule has 0 aliphatic heterocycles. The van der Waals surface area contributed by atoms with Crippen LogP contribution in [0.3, 0.4) is 0 Å². The number of benzene rings is 3. The highest BCUT2D eigenvalue weighted by molar-refractivity contribution is 7.80. The predicted octanol–water partition coefficient (Wildman–Crippen LogP) is 3.86. The number of fused-ring (bicyclic) bond motifs is 2. The van der Waals surface area contributed by atoms with Gasteiger partial charge in [-0.15, -0.1) is 12.6 Å². The Morgan fingerprint density at radius 2 is 1.64 bits per heavy atom. The normalized spacial score (nSPS) is 13.3. The van der Waals surface area contributed by atoms with Crippen molar-refractivity contribution in [2.24, 2.45) is 0 Å². The van der Waals surface area contributed by atoms with E-state index in [-0.39, 0.29) is 0 Å². The highest BCUT2D eigenvalue weighted by Crippen LogP contribution is 2.37. The van der Waals surface area contributed by atoms with E-state index in [1.165, 1.54) is 10.4 Å². The van der Waals surface area contributed by atoms with Crippen molar-refractivity contribution in [3.8, 4) is 16.9 Å². The van der Waals surface area contributed by atoms with Gasteiger partial charge < -0.3 is 5.11 Å². The van der Waals surface area contributed by atoms with Gasteiger partial charge in [0.2, 0.25) is 0 Å². The second-order valence-corrected chi connectivity index (χ2v) is 6.11. The molecule has 0 fully saturated rings. The zero-order chi connectivity index (χ0) is 15.1. The standard InChI is InChI=1S/C20H16OS/c21-17-11-9-13-5-1-3-7-15(13)19(17)20-16-8-4-2-6-14(16)10-12-18(20)22/h1,3,5-12,21-22H,2,4H2. The predicted molar refractivity (Wildman–Crippen MR) is 95.7 cm³/mol. The fourth-order valence-electron chi connectivity index (χ4n) is 3.27. The molecule has 0 radical (unpaired) electrons. The van der Waals surface area contributed by atoms with Crippen LogP contribution >= 0.6 is 12.6 Å². The topological polar surface area (TPSA) is 20.2 Å². The van der Waals surface area contributed by atoms with Gasteiger partial charge in [-0.3, -0.25) is 0 Å². The minimum atomic E-state index is 0.307. The molecule has 0 bridgehead atoms. The Balaban J connectivity index is 2.21. The number of thiol groups is 1. The van der Waals surface area contributed by atoms with Gasteiger partial charge in [0.1, 0.15) is 5.75 Å². The minimum absolute atomic E-state index is 0.307. The molecule has 0 unspecified atom stereocenters. The molecule has 3 aromatic carbocycles. The summed E-state index contributed by atoms with van der Waals surface area (Å²) in [5, 5.41) is 15.1. The summed E-state index contributed by atoms with van der Waals surface area (Å²) in [6.07, 6.45) is 6.61. The summed E-state index contributed by atoms with van der Waals surface area (Å²) >= 11 is 4.67. The number of hydrogen-bond acceptors (Lipinski definition) is 2. The Hall–Kier alpha value is -2.19. The lowest BCUT2D eigenvalue weighted by atomic mass is 9.93. The average Bonchev–Trinajstić information content (AvgIpc) is 2.56. The maximum absolute atomic E-state index is 10.5. The van der Waals surface area contributed by atoms with E-state index < -0.39 is 0 Å². The highest BCUT2D eigenvalue weighted by atomic mass is 32.1. The molecule has 0 aromatic heterocycles. The molecule has 4 rings (SSSR count). The van der Waals surface area contributed by atoms with Crippen LogP contribution in [0.4, 0.5) is 0 Å². The molecule has 1 aliphatic rings.